The molecule has 2 aromatic heterocycles. The van der Waals surface area contributed by atoms with Crippen LogP contribution in [0.25, 0.3) is 22.5 Å². The molecule has 7 rings (SSSR count). The predicted molar refractivity (Wildman–Crippen MR) is 152 cm³/mol. The summed E-state index contributed by atoms with van der Waals surface area (Å²) < 4.78 is 70.4. The number of aromatic carboxylic acids is 1. The third-order valence-corrected chi connectivity index (χ3v) is 9.35. The van der Waals surface area contributed by atoms with E-state index in [1.54, 1.807) is 11.4 Å². The van der Waals surface area contributed by atoms with Gasteiger partial charge in [0, 0.05) is 40.1 Å². The molecule has 4 aromatic rings. The first-order chi connectivity index (χ1) is 21.1. The van der Waals surface area contributed by atoms with E-state index in [0.29, 0.717) is 22.7 Å². The second kappa shape index (κ2) is 11.2. The number of carboxylic acid groups (broad SMARTS) is 1. The standard InChI is InChI=1S/C31H27F4N3O5S/c32-24-11-17(29(39)40)7-10-21(24)25-15-44-30(36-25)38-18-8-9-19(38)13-20(12-18)41-14-23-27(37-43-28(23)16-5-6-16)22-3-1-2-4-26(22)42-31(33,34)35/h1-4,7,10-11,15-16,18-20H,5-6,8-9,12-14H2,(H,39,40)/t18-,19+,20-. The van der Waals surface area contributed by atoms with Crippen LogP contribution in [0.2, 0.25) is 0 Å². The highest BCUT2D eigenvalue weighted by atomic mass is 32.1. The van der Waals surface area contributed by atoms with Crippen molar-refractivity contribution in [1.29, 1.82) is 0 Å². The first-order valence-corrected chi connectivity index (χ1v) is 15.2. The zero-order valence-corrected chi connectivity index (χ0v) is 24.0. The van der Waals surface area contributed by atoms with E-state index in [0.717, 1.165) is 49.7 Å². The highest BCUT2D eigenvalue weighted by Crippen LogP contribution is 2.47. The summed E-state index contributed by atoms with van der Waals surface area (Å²) in [6.45, 7) is 0.155. The van der Waals surface area contributed by atoms with Gasteiger partial charge in [0.15, 0.2) is 5.13 Å². The average Bonchev–Trinajstić information content (AvgIpc) is 3.45. The minimum atomic E-state index is -4.85. The van der Waals surface area contributed by atoms with Crippen molar-refractivity contribution in [1.82, 2.24) is 10.1 Å². The molecule has 3 atom stereocenters. The normalized spacial score (nSPS) is 21.5. The van der Waals surface area contributed by atoms with Crippen molar-refractivity contribution >= 4 is 22.4 Å². The molecule has 4 heterocycles. The molecule has 2 aliphatic heterocycles. The maximum absolute atomic E-state index is 14.7. The number of rotatable bonds is 9. The lowest BCUT2D eigenvalue weighted by molar-refractivity contribution is -0.274. The van der Waals surface area contributed by atoms with Crippen molar-refractivity contribution in [3.63, 3.8) is 0 Å². The number of piperidine rings is 1. The second-order valence-corrected chi connectivity index (χ2v) is 12.2. The fourth-order valence-electron chi connectivity index (χ4n) is 6.35. The zero-order valence-electron chi connectivity index (χ0n) is 23.2. The van der Waals surface area contributed by atoms with Crippen molar-refractivity contribution in [3.05, 3.63) is 70.5 Å². The summed E-state index contributed by atoms with van der Waals surface area (Å²) in [4.78, 5) is 18.2. The van der Waals surface area contributed by atoms with E-state index in [-0.39, 0.29) is 53.2 Å². The van der Waals surface area contributed by atoms with Crippen LogP contribution in [0, 0.1) is 5.82 Å². The molecule has 3 aliphatic rings. The number of carbonyl (C=O) groups is 1. The number of aromatic nitrogens is 2. The van der Waals surface area contributed by atoms with Crippen LogP contribution in [0.3, 0.4) is 0 Å². The van der Waals surface area contributed by atoms with Crippen LogP contribution in [0.5, 0.6) is 5.75 Å². The molecule has 3 fully saturated rings. The Balaban J connectivity index is 1.07. The van der Waals surface area contributed by atoms with Crippen molar-refractivity contribution < 1.29 is 41.5 Å². The lowest BCUT2D eigenvalue weighted by atomic mass is 10.00. The van der Waals surface area contributed by atoms with E-state index < -0.39 is 18.1 Å². The number of nitrogens with zero attached hydrogens (tertiary/aromatic N) is 3. The summed E-state index contributed by atoms with van der Waals surface area (Å²) in [7, 11) is 0. The van der Waals surface area contributed by atoms with Crippen LogP contribution < -0.4 is 9.64 Å². The Hall–Kier alpha value is -3.97. The first kappa shape index (κ1) is 28.8. The third kappa shape index (κ3) is 5.65. The van der Waals surface area contributed by atoms with Crippen molar-refractivity contribution in [3.8, 4) is 28.3 Å². The van der Waals surface area contributed by atoms with Gasteiger partial charge in [0.05, 0.1) is 24.0 Å². The van der Waals surface area contributed by atoms with E-state index >= 15 is 0 Å². The van der Waals surface area contributed by atoms with Crippen LogP contribution in [0.4, 0.5) is 22.7 Å². The van der Waals surface area contributed by atoms with Gasteiger partial charge in [-0.15, -0.1) is 24.5 Å². The van der Waals surface area contributed by atoms with Gasteiger partial charge < -0.3 is 24.0 Å². The molecule has 8 nitrogen and oxygen atoms in total. The van der Waals surface area contributed by atoms with Crippen molar-refractivity contribution in [2.24, 2.45) is 0 Å². The van der Waals surface area contributed by atoms with Crippen molar-refractivity contribution in [2.75, 3.05) is 4.90 Å². The Bertz CT molecular complexity index is 1690. The number of fused-ring (bicyclic) bond motifs is 2. The lowest BCUT2D eigenvalue weighted by Gasteiger charge is -2.38. The van der Waals surface area contributed by atoms with Gasteiger partial charge >= 0.3 is 12.3 Å². The number of benzene rings is 2. The summed E-state index contributed by atoms with van der Waals surface area (Å²) in [5.74, 6) is -1.35. The summed E-state index contributed by atoms with van der Waals surface area (Å²) in [6.07, 6.45) is 0.300. The molecule has 0 unspecified atom stereocenters. The van der Waals surface area contributed by atoms with E-state index in [9.17, 15) is 22.4 Å². The predicted octanol–water partition coefficient (Wildman–Crippen LogP) is 7.80. The van der Waals surface area contributed by atoms with E-state index in [1.807, 2.05) is 0 Å². The van der Waals surface area contributed by atoms with Gasteiger partial charge in [0.2, 0.25) is 0 Å². The lowest BCUT2D eigenvalue weighted by Crippen LogP contribution is -2.45. The minimum absolute atomic E-state index is 0.0827. The SMILES string of the molecule is O=C(O)c1ccc(-c2csc(N3[C@@H]4CC[C@H]3C[C@H](OCc3c(-c5ccccc5OC(F)(F)F)noc3C3CC3)C4)n2)c(F)c1. The summed E-state index contributed by atoms with van der Waals surface area (Å²) in [5.41, 5.74) is 1.73. The van der Waals surface area contributed by atoms with E-state index in [1.165, 1.54) is 41.7 Å². The molecule has 44 heavy (non-hydrogen) atoms. The number of carboxylic acids is 1. The Morgan fingerprint density at radius 2 is 1.82 bits per heavy atom. The molecule has 0 radical (unpaired) electrons. The number of halogens is 4. The number of thiazole rings is 1. The molecule has 0 spiro atoms. The number of para-hydroxylation sites is 1. The number of hydrogen-bond donors (Lipinski definition) is 1. The molecule has 13 heteroatoms. The summed E-state index contributed by atoms with van der Waals surface area (Å²) >= 11 is 1.43. The molecule has 1 saturated carbocycles. The van der Waals surface area contributed by atoms with Crippen molar-refractivity contribution in [2.45, 2.75) is 75.6 Å². The van der Waals surface area contributed by atoms with Crippen LogP contribution in [-0.4, -0.2) is 45.8 Å². The van der Waals surface area contributed by atoms with Crippen LogP contribution in [-0.2, 0) is 11.3 Å². The Morgan fingerprint density at radius 3 is 2.50 bits per heavy atom. The molecule has 1 aliphatic carbocycles. The smallest absolute Gasteiger partial charge is 0.478 e. The van der Waals surface area contributed by atoms with Gasteiger partial charge in [-0.1, -0.05) is 17.3 Å². The van der Waals surface area contributed by atoms with Gasteiger partial charge in [-0.25, -0.2) is 14.2 Å². The fourth-order valence-corrected chi connectivity index (χ4v) is 7.32. The van der Waals surface area contributed by atoms with Crippen LogP contribution in [0.15, 0.2) is 52.4 Å². The molecule has 2 saturated heterocycles. The highest BCUT2D eigenvalue weighted by molar-refractivity contribution is 7.14. The Kier molecular flexibility index (Phi) is 7.32. The Morgan fingerprint density at radius 1 is 1.07 bits per heavy atom. The van der Waals surface area contributed by atoms with Crippen LogP contribution >= 0.6 is 11.3 Å². The fraction of sp³-hybridized carbons (Fsp3) is 0.387. The molecular formula is C31H27F4N3O5S. The minimum Gasteiger partial charge on any atom is -0.478 e. The topological polar surface area (TPSA) is 97.9 Å². The maximum atomic E-state index is 14.7. The van der Waals surface area contributed by atoms with Gasteiger partial charge in [0.1, 0.15) is 23.0 Å². The Labute approximate surface area is 253 Å². The van der Waals surface area contributed by atoms with Gasteiger partial charge in [-0.05, 0) is 68.9 Å². The maximum Gasteiger partial charge on any atom is 0.573 e. The van der Waals surface area contributed by atoms with Gasteiger partial charge in [0.25, 0.3) is 0 Å². The van der Waals surface area contributed by atoms with Crippen LogP contribution in [0.1, 0.15) is 66.1 Å². The van der Waals surface area contributed by atoms with Gasteiger partial charge in [-0.2, -0.15) is 0 Å². The number of hydrogen-bond acceptors (Lipinski definition) is 8. The largest absolute Gasteiger partial charge is 0.573 e. The number of ether oxygens (including phenoxy) is 2. The zero-order chi connectivity index (χ0) is 30.6. The van der Waals surface area contributed by atoms with Gasteiger partial charge in [-0.3, -0.25) is 0 Å². The molecule has 0 amide bonds. The first-order valence-electron chi connectivity index (χ1n) is 14.4. The highest BCUT2D eigenvalue weighted by Gasteiger charge is 2.43. The number of alkyl halides is 3. The molecule has 2 aromatic carbocycles. The molecule has 230 valence electrons. The quantitative estimate of drug-likeness (QED) is 0.187. The second-order valence-electron chi connectivity index (χ2n) is 11.4. The summed E-state index contributed by atoms with van der Waals surface area (Å²) in [5, 5.41) is 15.9. The third-order valence-electron chi connectivity index (χ3n) is 8.49. The molecule has 1 N–H and O–H groups in total. The monoisotopic (exact) mass is 629 g/mol. The number of anilines is 1. The van der Waals surface area contributed by atoms with E-state index in [4.69, 9.17) is 19.4 Å². The molecule has 2 bridgehead atoms. The van der Waals surface area contributed by atoms with E-state index in [2.05, 4.69) is 14.8 Å². The molecular weight excluding hydrogens is 602 g/mol. The average molecular weight is 630 g/mol. The summed E-state index contributed by atoms with van der Waals surface area (Å²) in [6, 6.07) is 10.0.